The number of aromatic nitrogens is 2. The van der Waals surface area contributed by atoms with Crippen LogP contribution in [-0.4, -0.2) is 57.9 Å². The number of nitrogens with zero attached hydrogens (tertiary/aromatic N) is 2. The van der Waals surface area contributed by atoms with Crippen LogP contribution in [0.25, 0.3) is 0 Å². The topological polar surface area (TPSA) is 121 Å². The number of aryl methyl sites for hydroxylation is 1. The van der Waals surface area contributed by atoms with Gasteiger partial charge in [-0.1, -0.05) is 37.3 Å². The maximum Gasteiger partial charge on any atom is 0.330 e. The van der Waals surface area contributed by atoms with Crippen molar-refractivity contribution >= 4 is 14.5 Å². The molecule has 0 saturated carbocycles. The molecule has 3 fully saturated rings. The summed E-state index contributed by atoms with van der Waals surface area (Å²) in [5.74, 6) is -0.420. The van der Waals surface area contributed by atoms with E-state index in [-0.39, 0.29) is 12.8 Å². The molecular formula is C29H40N3O8P. The number of nitrogens with one attached hydrogen (secondary N) is 1. The number of hydrogen-bond acceptors (Lipinski definition) is 9. The van der Waals surface area contributed by atoms with Crippen LogP contribution in [0.2, 0.25) is 0 Å². The lowest BCUT2D eigenvalue weighted by Crippen LogP contribution is -2.41. The lowest BCUT2D eigenvalue weighted by atomic mass is 9.87. The number of fused-ring (bicyclic) bond motifs is 1. The number of ether oxygens (including phenoxy) is 3. The summed E-state index contributed by atoms with van der Waals surface area (Å²) >= 11 is 0. The smallest absolute Gasteiger partial charge is 0.330 e. The Morgan fingerprint density at radius 1 is 1.20 bits per heavy atom. The molecule has 41 heavy (non-hydrogen) atoms. The van der Waals surface area contributed by atoms with Gasteiger partial charge < -0.3 is 23.3 Å². The van der Waals surface area contributed by atoms with Gasteiger partial charge in [-0.2, -0.15) is 0 Å². The van der Waals surface area contributed by atoms with E-state index in [0.717, 1.165) is 24.9 Å². The molecule has 2 aromatic rings. The molecule has 0 spiro atoms. The van der Waals surface area contributed by atoms with Gasteiger partial charge in [-0.05, 0) is 59.4 Å². The average Bonchev–Trinajstić information content (AvgIpc) is 3.62. The summed E-state index contributed by atoms with van der Waals surface area (Å²) in [5.41, 5.74) is -0.905. The number of carbonyl (C=O) groups excluding carboxylic acids is 1. The summed E-state index contributed by atoms with van der Waals surface area (Å²) in [6.45, 7) is 11.5. The van der Waals surface area contributed by atoms with Crippen molar-refractivity contribution in [3.63, 3.8) is 0 Å². The first-order valence-electron chi connectivity index (χ1n) is 14.2. The Hall–Kier alpha value is -2.40. The second-order valence-electron chi connectivity index (χ2n) is 12.1. The Bertz CT molecular complexity index is 1360. The van der Waals surface area contributed by atoms with Gasteiger partial charge in [-0.3, -0.25) is 19.1 Å². The van der Waals surface area contributed by atoms with Crippen molar-refractivity contribution in [3.05, 3.63) is 68.5 Å². The predicted octanol–water partition coefficient (Wildman–Crippen LogP) is 4.11. The highest BCUT2D eigenvalue weighted by atomic mass is 31.2. The molecule has 1 unspecified atom stereocenters. The SMILES string of the molecule is CC[C@H]1O[C@@H](n2cc(C)c(=O)[nH]c2=O)C(OCOC(=O)C(C)(C)C)[C@H]1O[P@@]1O[C@](C)(c2ccccc2)[C@@H]2CCCN21. The van der Waals surface area contributed by atoms with Crippen molar-refractivity contribution in [1.82, 2.24) is 14.2 Å². The van der Waals surface area contributed by atoms with Gasteiger partial charge in [0.05, 0.1) is 17.6 Å². The van der Waals surface area contributed by atoms with Crippen molar-refractivity contribution in [2.24, 2.45) is 5.41 Å². The summed E-state index contributed by atoms with van der Waals surface area (Å²) in [7, 11) is -1.50. The van der Waals surface area contributed by atoms with Crippen LogP contribution in [0.4, 0.5) is 0 Å². The average molecular weight is 590 g/mol. The van der Waals surface area contributed by atoms with Gasteiger partial charge in [-0.15, -0.1) is 0 Å². The largest absolute Gasteiger partial charge is 0.438 e. The van der Waals surface area contributed by atoms with E-state index in [1.807, 2.05) is 25.1 Å². The fourth-order valence-corrected chi connectivity index (χ4v) is 7.86. The first kappa shape index (κ1) is 30.1. The molecule has 1 N–H and O–H groups in total. The number of benzene rings is 1. The molecule has 4 heterocycles. The van der Waals surface area contributed by atoms with E-state index >= 15 is 0 Å². The molecule has 11 nitrogen and oxygen atoms in total. The molecule has 3 saturated heterocycles. The van der Waals surface area contributed by atoms with E-state index in [1.54, 1.807) is 27.7 Å². The molecule has 3 aliphatic heterocycles. The normalized spacial score (nSPS) is 31.9. The second-order valence-corrected chi connectivity index (χ2v) is 13.5. The highest BCUT2D eigenvalue weighted by Crippen LogP contribution is 2.64. The second kappa shape index (κ2) is 11.7. The fraction of sp³-hybridized carbons (Fsp3) is 0.621. The highest BCUT2D eigenvalue weighted by Gasteiger charge is 2.57. The van der Waals surface area contributed by atoms with E-state index in [0.29, 0.717) is 12.0 Å². The van der Waals surface area contributed by atoms with Crippen LogP contribution in [0, 0.1) is 12.3 Å². The summed E-state index contributed by atoms with van der Waals surface area (Å²) in [4.78, 5) is 39.8. The first-order valence-corrected chi connectivity index (χ1v) is 15.3. The van der Waals surface area contributed by atoms with E-state index in [1.165, 1.54) is 10.8 Å². The Labute approximate surface area is 241 Å². The fourth-order valence-electron chi connectivity index (χ4n) is 5.71. The maximum absolute atomic E-state index is 12.9. The summed E-state index contributed by atoms with van der Waals surface area (Å²) in [5, 5.41) is 0. The molecule has 7 atom stereocenters. The van der Waals surface area contributed by atoms with Crippen LogP contribution in [-0.2, 0) is 33.7 Å². The minimum Gasteiger partial charge on any atom is -0.438 e. The molecule has 0 aliphatic carbocycles. The van der Waals surface area contributed by atoms with Crippen LogP contribution < -0.4 is 11.2 Å². The van der Waals surface area contributed by atoms with Gasteiger partial charge in [0.1, 0.15) is 17.8 Å². The standard InChI is InChI=1S/C29H40N3O8P/c1-7-20-22(39-41-32-15-11-14-21(32)29(6,40-41)19-12-9-8-10-13-19)23(36-17-37-26(34)28(3,4)5)25(38-20)31-16-18(2)24(33)30-27(31)35/h8-10,12-13,16,20-23,25H,7,11,14-15,17H2,1-6H3,(H,30,33,35)/t20-,21+,22+,23?,25-,29-,41+/m1/s1. The monoisotopic (exact) mass is 589 g/mol. The van der Waals surface area contributed by atoms with E-state index < -0.39 is 61.3 Å². The molecule has 3 aliphatic rings. The van der Waals surface area contributed by atoms with Crippen molar-refractivity contribution in [1.29, 1.82) is 0 Å². The molecule has 5 rings (SSSR count). The minimum absolute atomic E-state index is 0.158. The third-order valence-electron chi connectivity index (χ3n) is 8.07. The Morgan fingerprint density at radius 3 is 2.61 bits per heavy atom. The van der Waals surface area contributed by atoms with Crippen molar-refractivity contribution in [2.75, 3.05) is 13.3 Å². The van der Waals surface area contributed by atoms with Gasteiger partial charge in [0.2, 0.25) is 0 Å². The zero-order valence-electron chi connectivity index (χ0n) is 24.5. The highest BCUT2D eigenvalue weighted by molar-refractivity contribution is 7.45. The van der Waals surface area contributed by atoms with Crippen LogP contribution in [0.5, 0.6) is 0 Å². The molecular weight excluding hydrogens is 549 g/mol. The van der Waals surface area contributed by atoms with Crippen molar-refractivity contribution < 1.29 is 28.1 Å². The molecule has 0 bridgehead atoms. The Balaban J connectivity index is 1.45. The van der Waals surface area contributed by atoms with Gasteiger partial charge in [0.15, 0.2) is 13.0 Å². The van der Waals surface area contributed by atoms with Gasteiger partial charge >= 0.3 is 11.7 Å². The van der Waals surface area contributed by atoms with Crippen LogP contribution in [0.3, 0.4) is 0 Å². The van der Waals surface area contributed by atoms with Gasteiger partial charge in [0, 0.05) is 18.3 Å². The van der Waals surface area contributed by atoms with Crippen molar-refractivity contribution in [3.8, 4) is 0 Å². The van der Waals surface area contributed by atoms with Gasteiger partial charge in [0.25, 0.3) is 14.1 Å². The summed E-state index contributed by atoms with van der Waals surface area (Å²) in [6.07, 6.45) is 1.22. The van der Waals surface area contributed by atoms with Crippen LogP contribution in [0.15, 0.2) is 46.1 Å². The number of esters is 1. The molecule has 0 radical (unpaired) electrons. The predicted molar refractivity (Wildman–Crippen MR) is 152 cm³/mol. The molecule has 12 heteroatoms. The van der Waals surface area contributed by atoms with Crippen molar-refractivity contribution in [2.45, 2.75) is 97.0 Å². The summed E-state index contributed by atoms with van der Waals surface area (Å²) in [6, 6.07) is 10.3. The number of rotatable bonds is 8. The first-order chi connectivity index (χ1) is 19.4. The molecule has 1 aromatic carbocycles. The van der Waals surface area contributed by atoms with E-state index in [2.05, 4.69) is 28.7 Å². The number of carbonyl (C=O) groups is 1. The quantitative estimate of drug-likeness (QED) is 0.276. The number of H-pyrrole nitrogens is 1. The number of hydrogen-bond donors (Lipinski definition) is 1. The molecule has 224 valence electrons. The third-order valence-corrected chi connectivity index (χ3v) is 9.93. The number of aromatic amines is 1. The zero-order valence-corrected chi connectivity index (χ0v) is 25.4. The lowest BCUT2D eigenvalue weighted by Gasteiger charge is -2.30. The minimum atomic E-state index is -1.50. The third kappa shape index (κ3) is 5.81. The molecule has 0 amide bonds. The lowest BCUT2D eigenvalue weighted by molar-refractivity contribution is -0.178. The van der Waals surface area contributed by atoms with Crippen LogP contribution in [0.1, 0.15) is 71.2 Å². The van der Waals surface area contributed by atoms with Gasteiger partial charge in [-0.25, -0.2) is 9.46 Å². The van der Waals surface area contributed by atoms with Crippen LogP contribution >= 0.6 is 8.53 Å². The van der Waals surface area contributed by atoms with E-state index in [4.69, 9.17) is 23.3 Å². The Kier molecular flexibility index (Phi) is 8.58. The van der Waals surface area contributed by atoms with E-state index in [9.17, 15) is 14.4 Å². The maximum atomic E-state index is 12.9. The summed E-state index contributed by atoms with van der Waals surface area (Å²) < 4.78 is 35.1. The zero-order chi connectivity index (χ0) is 29.5. The Morgan fingerprint density at radius 2 is 1.93 bits per heavy atom. The molecule has 1 aromatic heterocycles.